The van der Waals surface area contributed by atoms with E-state index in [0.717, 1.165) is 0 Å². The Hall–Kier alpha value is -1.30. The summed E-state index contributed by atoms with van der Waals surface area (Å²) < 4.78 is 15.4. The number of carbonyl (C=O) groups excluding carboxylic acids is 2. The molecule has 2 rings (SSSR count). The second-order valence-electron chi connectivity index (χ2n) is 5.66. The van der Waals surface area contributed by atoms with E-state index in [4.69, 9.17) is 14.2 Å². The number of carbonyl (C=O) groups is 2. The van der Waals surface area contributed by atoms with Crippen LogP contribution in [-0.4, -0.2) is 54.5 Å². The van der Waals surface area contributed by atoms with Crippen LogP contribution < -0.4 is 0 Å². The summed E-state index contributed by atoms with van der Waals surface area (Å²) in [6, 6.07) is 0. The highest BCUT2D eigenvalue weighted by molar-refractivity contribution is 5.84. The van der Waals surface area contributed by atoms with E-state index in [1.165, 1.54) is 7.11 Å². The molecule has 2 aliphatic rings. The highest BCUT2D eigenvalue weighted by atomic mass is 16.7. The van der Waals surface area contributed by atoms with Gasteiger partial charge in [-0.25, -0.2) is 9.59 Å². The zero-order valence-corrected chi connectivity index (χ0v) is 11.2. The Kier molecular flexibility index (Phi) is 3.01. The minimum atomic E-state index is -0.812. The number of nitrogens with zero attached hydrogens (tertiary/aromatic N) is 1. The van der Waals surface area contributed by atoms with Crippen LogP contribution in [0.25, 0.3) is 0 Å². The molecule has 0 aliphatic carbocycles. The van der Waals surface area contributed by atoms with Gasteiger partial charge in [-0.15, -0.1) is 0 Å². The van der Waals surface area contributed by atoms with E-state index in [2.05, 4.69) is 0 Å². The van der Waals surface area contributed by atoms with Crippen molar-refractivity contribution in [2.75, 3.05) is 20.2 Å². The van der Waals surface area contributed by atoms with E-state index in [-0.39, 0.29) is 18.2 Å². The maximum atomic E-state index is 11.9. The first-order valence-electron chi connectivity index (χ1n) is 6.03. The van der Waals surface area contributed by atoms with Crippen LogP contribution in [-0.2, 0) is 19.0 Å². The van der Waals surface area contributed by atoms with Gasteiger partial charge >= 0.3 is 12.1 Å². The fourth-order valence-electron chi connectivity index (χ4n) is 2.16. The topological polar surface area (TPSA) is 68.4 Å². The number of ether oxygens (including phenoxy) is 3. The third kappa shape index (κ3) is 2.29. The van der Waals surface area contributed by atoms with Crippen LogP contribution in [0.15, 0.2) is 0 Å². The minimum Gasteiger partial charge on any atom is -0.467 e. The first-order chi connectivity index (χ1) is 8.28. The highest BCUT2D eigenvalue weighted by Crippen LogP contribution is 2.44. The smallest absolute Gasteiger partial charge is 0.410 e. The molecule has 0 spiro atoms. The molecule has 0 radical (unpaired) electrons. The molecule has 2 heterocycles. The lowest BCUT2D eigenvalue weighted by molar-refractivity contribution is -0.147. The molecule has 18 heavy (non-hydrogen) atoms. The number of rotatable bonds is 1. The summed E-state index contributed by atoms with van der Waals surface area (Å²) in [5.41, 5.74) is -1.33. The van der Waals surface area contributed by atoms with E-state index in [0.29, 0.717) is 19.5 Å². The van der Waals surface area contributed by atoms with Crippen molar-refractivity contribution < 1.29 is 23.8 Å². The predicted molar refractivity (Wildman–Crippen MR) is 62.0 cm³/mol. The first kappa shape index (κ1) is 13.1. The van der Waals surface area contributed by atoms with Gasteiger partial charge in [-0.2, -0.15) is 0 Å². The summed E-state index contributed by atoms with van der Waals surface area (Å²) in [7, 11) is 1.34. The van der Waals surface area contributed by atoms with Gasteiger partial charge in [0.05, 0.1) is 13.7 Å². The fraction of sp³-hybridized carbons (Fsp3) is 0.833. The summed E-state index contributed by atoms with van der Waals surface area (Å²) >= 11 is 0. The summed E-state index contributed by atoms with van der Waals surface area (Å²) in [5.74, 6) is -0.351. The lowest BCUT2D eigenvalue weighted by Gasteiger charge is -2.30. The number of likely N-dealkylation sites (tertiary alicyclic amines) is 1. The Bertz CT molecular complexity index is 375. The lowest BCUT2D eigenvalue weighted by Crippen LogP contribution is -2.47. The van der Waals surface area contributed by atoms with Crippen molar-refractivity contribution in [3.63, 3.8) is 0 Å². The van der Waals surface area contributed by atoms with Gasteiger partial charge in [-0.1, -0.05) is 0 Å². The molecular formula is C12H19NO5. The molecule has 2 aliphatic heterocycles. The number of fused-ring (bicyclic) bond motifs is 1. The van der Waals surface area contributed by atoms with Crippen LogP contribution in [0, 0.1) is 0 Å². The minimum absolute atomic E-state index is 0.258. The molecule has 0 saturated carbocycles. The number of amides is 1. The summed E-state index contributed by atoms with van der Waals surface area (Å²) in [5, 5.41) is 0. The maximum absolute atomic E-state index is 11.9. The van der Waals surface area contributed by atoms with Crippen LogP contribution >= 0.6 is 0 Å². The summed E-state index contributed by atoms with van der Waals surface area (Å²) in [6.45, 7) is 6.29. The first-order valence-corrected chi connectivity index (χ1v) is 6.03. The zero-order chi connectivity index (χ0) is 13.6. The van der Waals surface area contributed by atoms with E-state index in [1.54, 1.807) is 4.90 Å². The molecule has 102 valence electrons. The number of hydrogen-bond acceptors (Lipinski definition) is 5. The third-order valence-electron chi connectivity index (χ3n) is 3.14. The van der Waals surface area contributed by atoms with Crippen molar-refractivity contribution in [1.82, 2.24) is 4.90 Å². The SMILES string of the molecule is COC(=O)C12CCN(C(=O)OC(C)(C)C)CC1O2. The fourth-order valence-corrected chi connectivity index (χ4v) is 2.16. The van der Waals surface area contributed by atoms with Gasteiger partial charge in [0, 0.05) is 13.0 Å². The standard InChI is InChI=1S/C12H19NO5/c1-11(2,3)18-10(15)13-6-5-12(9(14)16-4)8(7-13)17-12/h8H,5-7H2,1-4H3. The Morgan fingerprint density at radius 2 is 2.06 bits per heavy atom. The molecule has 6 heteroatoms. The van der Waals surface area contributed by atoms with Gasteiger partial charge in [-0.3, -0.25) is 0 Å². The number of esters is 1. The van der Waals surface area contributed by atoms with E-state index in [1.807, 2.05) is 20.8 Å². The molecule has 1 amide bonds. The summed E-state index contributed by atoms with van der Waals surface area (Å²) in [6.07, 6.45) is -0.161. The molecule has 0 aromatic carbocycles. The molecule has 0 bridgehead atoms. The quantitative estimate of drug-likeness (QED) is 0.516. The van der Waals surface area contributed by atoms with Gasteiger partial charge in [-0.05, 0) is 20.8 Å². The van der Waals surface area contributed by atoms with Crippen molar-refractivity contribution in [2.45, 2.75) is 44.5 Å². The van der Waals surface area contributed by atoms with Crippen LogP contribution in [0.1, 0.15) is 27.2 Å². The van der Waals surface area contributed by atoms with Crippen molar-refractivity contribution in [3.8, 4) is 0 Å². The molecule has 0 N–H and O–H groups in total. The van der Waals surface area contributed by atoms with Gasteiger partial charge in [0.1, 0.15) is 11.7 Å². The summed E-state index contributed by atoms with van der Waals surface area (Å²) in [4.78, 5) is 25.0. The molecule has 2 fully saturated rings. The normalized spacial score (nSPS) is 30.4. The van der Waals surface area contributed by atoms with E-state index >= 15 is 0 Å². The Morgan fingerprint density at radius 1 is 1.39 bits per heavy atom. The van der Waals surface area contributed by atoms with Crippen molar-refractivity contribution in [3.05, 3.63) is 0 Å². The molecule has 0 aromatic heterocycles. The number of hydrogen-bond donors (Lipinski definition) is 0. The van der Waals surface area contributed by atoms with Crippen molar-refractivity contribution >= 4 is 12.1 Å². The zero-order valence-electron chi connectivity index (χ0n) is 11.2. The average molecular weight is 257 g/mol. The molecular weight excluding hydrogens is 238 g/mol. The van der Waals surface area contributed by atoms with E-state index in [9.17, 15) is 9.59 Å². The molecule has 2 atom stereocenters. The maximum Gasteiger partial charge on any atom is 0.410 e. The number of methoxy groups -OCH3 is 1. The molecule has 2 saturated heterocycles. The number of piperidine rings is 1. The molecule has 6 nitrogen and oxygen atoms in total. The Balaban J connectivity index is 1.92. The Labute approximate surface area is 106 Å². The van der Waals surface area contributed by atoms with Crippen LogP contribution in [0.3, 0.4) is 0 Å². The monoisotopic (exact) mass is 257 g/mol. The lowest BCUT2D eigenvalue weighted by atomic mass is 9.97. The van der Waals surface area contributed by atoms with Crippen LogP contribution in [0.4, 0.5) is 4.79 Å². The van der Waals surface area contributed by atoms with E-state index < -0.39 is 11.2 Å². The predicted octanol–water partition coefficient (Wildman–Crippen LogP) is 0.938. The largest absolute Gasteiger partial charge is 0.467 e. The molecule has 2 unspecified atom stereocenters. The molecule has 0 aromatic rings. The van der Waals surface area contributed by atoms with Gasteiger partial charge in [0.25, 0.3) is 0 Å². The highest BCUT2D eigenvalue weighted by Gasteiger charge is 2.66. The van der Waals surface area contributed by atoms with Gasteiger partial charge in [0.15, 0.2) is 5.60 Å². The van der Waals surface area contributed by atoms with Gasteiger partial charge < -0.3 is 19.1 Å². The van der Waals surface area contributed by atoms with Crippen molar-refractivity contribution in [1.29, 1.82) is 0 Å². The third-order valence-corrected chi connectivity index (χ3v) is 3.14. The number of epoxide rings is 1. The van der Waals surface area contributed by atoms with Crippen LogP contribution in [0.2, 0.25) is 0 Å². The van der Waals surface area contributed by atoms with Crippen LogP contribution in [0.5, 0.6) is 0 Å². The van der Waals surface area contributed by atoms with Crippen molar-refractivity contribution in [2.24, 2.45) is 0 Å². The average Bonchev–Trinajstić information content (AvgIpc) is 2.99. The Morgan fingerprint density at radius 3 is 2.56 bits per heavy atom. The second-order valence-corrected chi connectivity index (χ2v) is 5.66. The second kappa shape index (κ2) is 4.12. The van der Waals surface area contributed by atoms with Gasteiger partial charge in [0.2, 0.25) is 0 Å².